The van der Waals surface area contributed by atoms with Crippen LogP contribution in [0.4, 0.5) is 4.39 Å². The number of methoxy groups -OCH3 is 1. The van der Waals surface area contributed by atoms with E-state index < -0.39 is 0 Å². The Morgan fingerprint density at radius 1 is 1.44 bits per heavy atom. The molecule has 0 saturated carbocycles. The third-order valence-corrected chi connectivity index (χ3v) is 2.74. The molecule has 0 bridgehead atoms. The maximum absolute atomic E-state index is 13.7. The topological polar surface area (TPSA) is 21.3 Å². The van der Waals surface area contributed by atoms with E-state index in [0.29, 0.717) is 5.75 Å². The zero-order chi connectivity index (χ0) is 12.0. The summed E-state index contributed by atoms with van der Waals surface area (Å²) >= 11 is 0. The molecule has 0 saturated heterocycles. The summed E-state index contributed by atoms with van der Waals surface area (Å²) in [6, 6.07) is 5.06. The minimum absolute atomic E-state index is 0.177. The molecule has 0 amide bonds. The molecule has 0 aliphatic carbocycles. The van der Waals surface area contributed by atoms with Gasteiger partial charge in [0.15, 0.2) is 0 Å². The van der Waals surface area contributed by atoms with E-state index in [2.05, 4.69) is 12.2 Å². The van der Waals surface area contributed by atoms with E-state index in [1.165, 1.54) is 6.07 Å². The highest BCUT2D eigenvalue weighted by Gasteiger charge is 2.11. The zero-order valence-corrected chi connectivity index (χ0v) is 10.2. The van der Waals surface area contributed by atoms with E-state index in [0.717, 1.165) is 25.1 Å². The zero-order valence-electron chi connectivity index (χ0n) is 10.2. The van der Waals surface area contributed by atoms with Crippen molar-refractivity contribution in [1.29, 1.82) is 0 Å². The van der Waals surface area contributed by atoms with Gasteiger partial charge in [-0.15, -0.1) is 0 Å². The Labute approximate surface area is 96.8 Å². The highest BCUT2D eigenvalue weighted by Crippen LogP contribution is 2.24. The van der Waals surface area contributed by atoms with Crippen LogP contribution in [0.1, 0.15) is 31.7 Å². The van der Waals surface area contributed by atoms with Crippen molar-refractivity contribution in [2.24, 2.45) is 0 Å². The average Bonchev–Trinajstić information content (AvgIpc) is 2.29. The fourth-order valence-corrected chi connectivity index (χ4v) is 1.69. The van der Waals surface area contributed by atoms with Gasteiger partial charge in [-0.25, -0.2) is 4.39 Å². The lowest BCUT2D eigenvalue weighted by Gasteiger charge is -2.13. The molecule has 1 aromatic rings. The van der Waals surface area contributed by atoms with Crippen LogP contribution in [0.3, 0.4) is 0 Å². The maximum atomic E-state index is 13.7. The Balaban J connectivity index is 2.64. The van der Waals surface area contributed by atoms with E-state index in [-0.39, 0.29) is 11.7 Å². The van der Waals surface area contributed by atoms with Gasteiger partial charge < -0.3 is 10.1 Å². The first kappa shape index (κ1) is 13.0. The van der Waals surface area contributed by atoms with Crippen LogP contribution in [-0.4, -0.2) is 20.2 Å². The summed E-state index contributed by atoms with van der Waals surface area (Å²) in [6.45, 7) is 5.99. The number of benzene rings is 1. The van der Waals surface area contributed by atoms with Crippen LogP contribution in [0.2, 0.25) is 0 Å². The summed E-state index contributed by atoms with van der Waals surface area (Å²) in [5, 5.41) is 3.24. The SMILES string of the molecule is CCNCCC(C)c1ccc(OC)cc1F. The number of halogens is 1. The molecular weight excluding hydrogens is 205 g/mol. The molecule has 0 aromatic heterocycles. The second-order valence-corrected chi connectivity index (χ2v) is 3.93. The van der Waals surface area contributed by atoms with Crippen LogP contribution in [0.15, 0.2) is 18.2 Å². The first-order valence-corrected chi connectivity index (χ1v) is 5.73. The van der Waals surface area contributed by atoms with Gasteiger partial charge in [-0.2, -0.15) is 0 Å². The molecule has 1 rings (SSSR count). The van der Waals surface area contributed by atoms with Gasteiger partial charge in [0.1, 0.15) is 11.6 Å². The second kappa shape index (κ2) is 6.48. The van der Waals surface area contributed by atoms with Crippen LogP contribution in [0.5, 0.6) is 5.75 Å². The van der Waals surface area contributed by atoms with E-state index >= 15 is 0 Å². The first-order valence-electron chi connectivity index (χ1n) is 5.73. The van der Waals surface area contributed by atoms with Gasteiger partial charge >= 0.3 is 0 Å². The van der Waals surface area contributed by atoms with Crippen molar-refractivity contribution in [1.82, 2.24) is 5.32 Å². The van der Waals surface area contributed by atoms with Crippen molar-refractivity contribution in [3.63, 3.8) is 0 Å². The molecule has 1 unspecified atom stereocenters. The molecule has 0 fully saturated rings. The maximum Gasteiger partial charge on any atom is 0.130 e. The fraction of sp³-hybridized carbons (Fsp3) is 0.538. The summed E-state index contributed by atoms with van der Waals surface area (Å²) in [6.07, 6.45) is 0.942. The Hall–Kier alpha value is -1.09. The average molecular weight is 225 g/mol. The molecule has 16 heavy (non-hydrogen) atoms. The molecule has 0 spiro atoms. The van der Waals surface area contributed by atoms with Gasteiger partial charge in [0.05, 0.1) is 7.11 Å². The Kier molecular flexibility index (Phi) is 5.26. The third-order valence-electron chi connectivity index (χ3n) is 2.74. The molecule has 2 nitrogen and oxygen atoms in total. The lowest BCUT2D eigenvalue weighted by Crippen LogP contribution is -2.16. The number of ether oxygens (including phenoxy) is 1. The molecule has 0 heterocycles. The van der Waals surface area contributed by atoms with E-state index in [1.54, 1.807) is 7.11 Å². The molecule has 3 heteroatoms. The molecule has 1 atom stereocenters. The van der Waals surface area contributed by atoms with Crippen molar-refractivity contribution >= 4 is 0 Å². The third kappa shape index (κ3) is 3.49. The Morgan fingerprint density at radius 2 is 2.19 bits per heavy atom. The van der Waals surface area contributed by atoms with Crippen molar-refractivity contribution in [3.8, 4) is 5.75 Å². The standard InChI is InChI=1S/C13H20FNO/c1-4-15-8-7-10(2)12-6-5-11(16-3)9-13(12)14/h5-6,9-10,15H,4,7-8H2,1-3H3. The van der Waals surface area contributed by atoms with Gasteiger partial charge in [0.2, 0.25) is 0 Å². The van der Waals surface area contributed by atoms with Crippen molar-refractivity contribution < 1.29 is 9.13 Å². The van der Waals surface area contributed by atoms with E-state index in [4.69, 9.17) is 4.74 Å². The predicted molar refractivity (Wildman–Crippen MR) is 64.5 cm³/mol. The summed E-state index contributed by atoms with van der Waals surface area (Å²) in [5.74, 6) is 0.619. The Morgan fingerprint density at radius 3 is 2.75 bits per heavy atom. The van der Waals surface area contributed by atoms with Crippen LogP contribution in [0, 0.1) is 5.82 Å². The summed E-state index contributed by atoms with van der Waals surface area (Å²) in [5.41, 5.74) is 0.763. The summed E-state index contributed by atoms with van der Waals surface area (Å²) in [4.78, 5) is 0. The van der Waals surface area contributed by atoms with E-state index in [1.807, 2.05) is 19.1 Å². The summed E-state index contributed by atoms with van der Waals surface area (Å²) < 4.78 is 18.7. The minimum atomic E-state index is -0.177. The van der Waals surface area contributed by atoms with E-state index in [9.17, 15) is 4.39 Å². The molecule has 90 valence electrons. The highest BCUT2D eigenvalue weighted by atomic mass is 19.1. The van der Waals surface area contributed by atoms with Crippen LogP contribution in [-0.2, 0) is 0 Å². The van der Waals surface area contributed by atoms with Crippen molar-refractivity contribution in [2.75, 3.05) is 20.2 Å². The fourth-order valence-electron chi connectivity index (χ4n) is 1.69. The number of rotatable bonds is 6. The molecule has 0 aliphatic rings. The number of nitrogens with one attached hydrogen (secondary N) is 1. The first-order chi connectivity index (χ1) is 7.69. The van der Waals surface area contributed by atoms with Gasteiger partial charge in [-0.3, -0.25) is 0 Å². The van der Waals surface area contributed by atoms with Crippen LogP contribution in [0.25, 0.3) is 0 Å². The number of hydrogen-bond donors (Lipinski definition) is 1. The lowest BCUT2D eigenvalue weighted by atomic mass is 9.97. The molecule has 1 N–H and O–H groups in total. The minimum Gasteiger partial charge on any atom is -0.497 e. The second-order valence-electron chi connectivity index (χ2n) is 3.93. The van der Waals surface area contributed by atoms with Crippen LogP contribution >= 0.6 is 0 Å². The smallest absolute Gasteiger partial charge is 0.130 e. The monoisotopic (exact) mass is 225 g/mol. The predicted octanol–water partition coefficient (Wildman–Crippen LogP) is 2.94. The van der Waals surface area contributed by atoms with Crippen molar-refractivity contribution in [2.45, 2.75) is 26.2 Å². The normalized spacial score (nSPS) is 12.5. The van der Waals surface area contributed by atoms with Gasteiger partial charge in [0, 0.05) is 6.07 Å². The lowest BCUT2D eigenvalue weighted by molar-refractivity contribution is 0.410. The quantitative estimate of drug-likeness (QED) is 0.752. The molecular formula is C13H20FNO. The molecule has 1 aromatic carbocycles. The van der Waals surface area contributed by atoms with Crippen LogP contribution < -0.4 is 10.1 Å². The highest BCUT2D eigenvalue weighted by molar-refractivity contribution is 5.30. The van der Waals surface area contributed by atoms with Gasteiger partial charge in [-0.1, -0.05) is 19.9 Å². The number of hydrogen-bond acceptors (Lipinski definition) is 2. The van der Waals surface area contributed by atoms with Crippen molar-refractivity contribution in [3.05, 3.63) is 29.6 Å². The largest absolute Gasteiger partial charge is 0.497 e. The Bertz CT molecular complexity index is 328. The summed E-state index contributed by atoms with van der Waals surface area (Å²) in [7, 11) is 1.54. The van der Waals surface area contributed by atoms with Gasteiger partial charge in [-0.05, 0) is 37.1 Å². The molecule has 0 radical (unpaired) electrons. The molecule has 0 aliphatic heterocycles. The van der Waals surface area contributed by atoms with Gasteiger partial charge in [0.25, 0.3) is 0 Å².